The molecule has 2 aromatic heterocycles. The van der Waals surface area contributed by atoms with E-state index in [1.165, 1.54) is 4.90 Å². The number of hydrogen-bond donors (Lipinski definition) is 2. The highest BCUT2D eigenvalue weighted by molar-refractivity contribution is 5.89. The van der Waals surface area contributed by atoms with Gasteiger partial charge in [0.2, 0.25) is 0 Å². The second-order valence-electron chi connectivity index (χ2n) is 5.81. The first kappa shape index (κ1) is 13.8. The van der Waals surface area contributed by atoms with Crippen LogP contribution in [0.25, 0.3) is 11.2 Å². The fraction of sp³-hybridized carbons (Fsp3) is 0.235. The summed E-state index contributed by atoms with van der Waals surface area (Å²) in [6.45, 7) is 0. The van der Waals surface area contributed by atoms with Crippen LogP contribution in [-0.4, -0.2) is 26.2 Å². The summed E-state index contributed by atoms with van der Waals surface area (Å²) < 4.78 is 0. The lowest BCUT2D eigenvalue weighted by Gasteiger charge is -2.48. The van der Waals surface area contributed by atoms with Crippen molar-refractivity contribution in [1.29, 1.82) is 0 Å². The number of aromatic nitrogens is 3. The Morgan fingerprint density at radius 3 is 2.52 bits per heavy atom. The van der Waals surface area contributed by atoms with Crippen LogP contribution < -0.4 is 4.90 Å². The van der Waals surface area contributed by atoms with Gasteiger partial charge >= 0.3 is 6.09 Å². The molecule has 6 nitrogen and oxygen atoms in total. The molecule has 0 atom stereocenters. The number of hydrogen-bond acceptors (Lipinski definition) is 3. The quantitative estimate of drug-likeness (QED) is 0.775. The number of aromatic amines is 1. The largest absolute Gasteiger partial charge is 0.465 e. The Labute approximate surface area is 132 Å². The molecule has 0 aliphatic heterocycles. The molecule has 4 rings (SSSR count). The maximum absolute atomic E-state index is 12.0. The van der Waals surface area contributed by atoms with Crippen molar-refractivity contribution in [3.63, 3.8) is 0 Å². The summed E-state index contributed by atoms with van der Waals surface area (Å²) in [5, 5.41) is 9.84. The summed E-state index contributed by atoms with van der Waals surface area (Å²) in [5.74, 6) is 0. The maximum atomic E-state index is 12.0. The smallest absolute Gasteiger partial charge is 0.412 e. The van der Waals surface area contributed by atoms with Crippen LogP contribution in [0.15, 0.2) is 48.8 Å². The molecule has 23 heavy (non-hydrogen) atoms. The summed E-state index contributed by atoms with van der Waals surface area (Å²) in [6.07, 6.45) is 4.87. The lowest BCUT2D eigenvalue weighted by Crippen LogP contribution is -2.54. The van der Waals surface area contributed by atoms with Crippen LogP contribution in [0, 0.1) is 0 Å². The zero-order valence-electron chi connectivity index (χ0n) is 12.4. The fourth-order valence-electron chi connectivity index (χ4n) is 3.34. The molecule has 1 aliphatic carbocycles. The van der Waals surface area contributed by atoms with E-state index in [-0.39, 0.29) is 0 Å². The van der Waals surface area contributed by atoms with Crippen LogP contribution in [0.2, 0.25) is 0 Å². The van der Waals surface area contributed by atoms with E-state index in [9.17, 15) is 9.90 Å². The minimum atomic E-state index is -0.949. The molecule has 3 aromatic rings. The van der Waals surface area contributed by atoms with E-state index in [1.807, 2.05) is 36.4 Å². The number of carboxylic acid groups (broad SMARTS) is 1. The third-order valence-corrected chi connectivity index (χ3v) is 4.58. The van der Waals surface area contributed by atoms with E-state index in [0.717, 1.165) is 30.5 Å². The van der Waals surface area contributed by atoms with Gasteiger partial charge in [0.15, 0.2) is 5.65 Å². The molecule has 2 heterocycles. The van der Waals surface area contributed by atoms with Crippen LogP contribution in [0.1, 0.15) is 25.0 Å². The number of anilines is 1. The topological polar surface area (TPSA) is 82.1 Å². The van der Waals surface area contributed by atoms with Crippen LogP contribution in [0.3, 0.4) is 0 Å². The van der Waals surface area contributed by atoms with Crippen LogP contribution in [0.5, 0.6) is 0 Å². The normalized spacial score (nSPS) is 16.0. The van der Waals surface area contributed by atoms with Gasteiger partial charge in [-0.3, -0.25) is 9.88 Å². The molecule has 116 valence electrons. The Bertz CT molecular complexity index is 822. The number of fused-ring (bicyclic) bond motifs is 1. The minimum Gasteiger partial charge on any atom is -0.465 e. The van der Waals surface area contributed by atoms with Gasteiger partial charge in [0, 0.05) is 23.8 Å². The predicted molar refractivity (Wildman–Crippen MR) is 86.4 cm³/mol. The number of nitrogens with zero attached hydrogens (tertiary/aromatic N) is 3. The van der Waals surface area contributed by atoms with E-state index < -0.39 is 11.6 Å². The number of carbonyl (C=O) groups is 1. The highest BCUT2D eigenvalue weighted by atomic mass is 16.4. The van der Waals surface area contributed by atoms with Crippen molar-refractivity contribution in [1.82, 2.24) is 15.0 Å². The lowest BCUT2D eigenvalue weighted by atomic mass is 9.72. The Kier molecular flexibility index (Phi) is 3.04. The second kappa shape index (κ2) is 5.08. The van der Waals surface area contributed by atoms with Gasteiger partial charge in [0.05, 0.1) is 5.54 Å². The summed E-state index contributed by atoms with van der Waals surface area (Å²) in [7, 11) is 0. The monoisotopic (exact) mass is 308 g/mol. The SMILES string of the molecule is O=C(O)N(c1ccccc1)C1(c2cc3nccnc3[nH]2)CCC1. The average molecular weight is 308 g/mol. The zero-order valence-corrected chi connectivity index (χ0v) is 12.4. The molecule has 1 aliphatic rings. The van der Waals surface area contributed by atoms with E-state index in [0.29, 0.717) is 11.3 Å². The Balaban J connectivity index is 1.86. The molecule has 1 saturated carbocycles. The van der Waals surface area contributed by atoms with Crippen LogP contribution in [-0.2, 0) is 5.54 Å². The number of nitrogens with one attached hydrogen (secondary N) is 1. The Morgan fingerprint density at radius 2 is 1.91 bits per heavy atom. The third-order valence-electron chi connectivity index (χ3n) is 4.58. The van der Waals surface area contributed by atoms with Gasteiger partial charge in [-0.25, -0.2) is 9.78 Å². The summed E-state index contributed by atoms with van der Waals surface area (Å²) in [4.78, 5) is 25.3. The van der Waals surface area contributed by atoms with Gasteiger partial charge in [-0.05, 0) is 37.5 Å². The molecule has 0 saturated heterocycles. The third kappa shape index (κ3) is 2.06. The minimum absolute atomic E-state index is 0.574. The molecule has 1 fully saturated rings. The van der Waals surface area contributed by atoms with Gasteiger partial charge in [0.25, 0.3) is 0 Å². The number of amides is 1. The standard InChI is InChI=1S/C17H16N4O2/c22-16(23)21(12-5-2-1-3-6-12)17(7-4-8-17)14-11-13-15(20-14)19-10-9-18-13/h1-3,5-6,9-11H,4,7-8H2,(H,19,20)(H,22,23). The van der Waals surface area contributed by atoms with E-state index in [1.54, 1.807) is 12.4 Å². The molecule has 6 heteroatoms. The highest BCUT2D eigenvalue weighted by Crippen LogP contribution is 2.48. The first-order valence-corrected chi connectivity index (χ1v) is 7.59. The van der Waals surface area contributed by atoms with E-state index >= 15 is 0 Å². The van der Waals surface area contributed by atoms with Gasteiger partial charge in [-0.1, -0.05) is 18.2 Å². The van der Waals surface area contributed by atoms with Gasteiger partial charge in [-0.15, -0.1) is 0 Å². The van der Waals surface area contributed by atoms with Crippen molar-refractivity contribution in [3.05, 3.63) is 54.5 Å². The average Bonchev–Trinajstić information content (AvgIpc) is 2.95. The summed E-state index contributed by atoms with van der Waals surface area (Å²) in [6, 6.07) is 11.2. The summed E-state index contributed by atoms with van der Waals surface area (Å²) >= 11 is 0. The highest BCUT2D eigenvalue weighted by Gasteiger charge is 2.48. The zero-order chi connectivity index (χ0) is 15.9. The van der Waals surface area contributed by atoms with Gasteiger partial charge in [-0.2, -0.15) is 0 Å². The molecule has 1 aromatic carbocycles. The van der Waals surface area contributed by atoms with Crippen molar-refractivity contribution in [2.75, 3.05) is 4.90 Å². The fourth-order valence-corrected chi connectivity index (χ4v) is 3.34. The van der Waals surface area contributed by atoms with Crippen molar-refractivity contribution in [2.24, 2.45) is 0 Å². The number of benzene rings is 1. The number of para-hydroxylation sites is 1. The maximum Gasteiger partial charge on any atom is 0.412 e. The van der Waals surface area contributed by atoms with Crippen LogP contribution >= 0.6 is 0 Å². The molecule has 0 bridgehead atoms. The van der Waals surface area contributed by atoms with Crippen molar-refractivity contribution < 1.29 is 9.90 Å². The number of rotatable bonds is 3. The van der Waals surface area contributed by atoms with E-state index in [2.05, 4.69) is 15.0 Å². The van der Waals surface area contributed by atoms with Crippen molar-refractivity contribution in [2.45, 2.75) is 24.8 Å². The van der Waals surface area contributed by atoms with Crippen LogP contribution in [0.4, 0.5) is 10.5 Å². The van der Waals surface area contributed by atoms with E-state index in [4.69, 9.17) is 0 Å². The molecular weight excluding hydrogens is 292 g/mol. The molecule has 2 N–H and O–H groups in total. The Morgan fingerprint density at radius 1 is 1.17 bits per heavy atom. The molecular formula is C17H16N4O2. The lowest BCUT2D eigenvalue weighted by molar-refractivity contribution is 0.168. The first-order chi connectivity index (χ1) is 11.2. The Hall–Kier alpha value is -2.89. The summed E-state index contributed by atoms with van der Waals surface area (Å²) in [5.41, 5.74) is 2.41. The van der Waals surface area contributed by atoms with Crippen molar-refractivity contribution in [3.8, 4) is 0 Å². The second-order valence-corrected chi connectivity index (χ2v) is 5.81. The van der Waals surface area contributed by atoms with Crippen molar-refractivity contribution >= 4 is 22.9 Å². The van der Waals surface area contributed by atoms with Gasteiger partial charge < -0.3 is 10.1 Å². The molecule has 0 radical (unpaired) electrons. The van der Waals surface area contributed by atoms with Gasteiger partial charge in [0.1, 0.15) is 5.52 Å². The molecule has 0 spiro atoms. The molecule has 0 unspecified atom stereocenters. The molecule has 1 amide bonds. The first-order valence-electron chi connectivity index (χ1n) is 7.59. The predicted octanol–water partition coefficient (Wildman–Crippen LogP) is 3.52. The number of H-pyrrole nitrogens is 1.